The quantitative estimate of drug-likeness (QED) is 0.612. The number of nitrogens with one attached hydrogen (secondary N) is 1. The van der Waals surface area contributed by atoms with Crippen LogP contribution >= 0.6 is 15.9 Å². The van der Waals surface area contributed by atoms with Crippen molar-refractivity contribution in [3.63, 3.8) is 0 Å². The van der Waals surface area contributed by atoms with Crippen LogP contribution < -0.4 is 5.43 Å². The molecule has 1 amide bonds. The minimum absolute atomic E-state index is 0.0655. The Morgan fingerprint density at radius 3 is 2.52 bits per heavy atom. The highest BCUT2D eigenvalue weighted by atomic mass is 79.9. The van der Waals surface area contributed by atoms with Crippen LogP contribution in [-0.4, -0.2) is 16.7 Å². The van der Waals surface area contributed by atoms with Crippen molar-refractivity contribution in [3.05, 3.63) is 51.8 Å². The van der Waals surface area contributed by atoms with E-state index in [-0.39, 0.29) is 5.91 Å². The second-order valence-electron chi connectivity index (χ2n) is 5.96. The third kappa shape index (κ3) is 4.10. The Bertz CT molecular complexity index is 718. The molecule has 0 saturated carbocycles. The molecule has 23 heavy (non-hydrogen) atoms. The number of nitrogens with zero attached hydrogens (tertiary/aromatic N) is 2. The van der Waals surface area contributed by atoms with Crippen molar-refractivity contribution in [1.29, 1.82) is 0 Å². The first-order valence-electron chi connectivity index (χ1n) is 7.66. The number of hydrazone groups is 1. The van der Waals surface area contributed by atoms with Gasteiger partial charge in [-0.25, -0.2) is 5.43 Å². The fourth-order valence-electron chi connectivity index (χ4n) is 2.52. The van der Waals surface area contributed by atoms with Gasteiger partial charge in [0.15, 0.2) is 0 Å². The first kappa shape index (κ1) is 17.5. The molecule has 0 aliphatic rings. The lowest BCUT2D eigenvalue weighted by atomic mass is 10.1. The Balaban J connectivity index is 2.26. The van der Waals surface area contributed by atoms with Gasteiger partial charge in [-0.1, -0.05) is 32.0 Å². The minimum Gasteiger partial charge on any atom is -0.317 e. The van der Waals surface area contributed by atoms with E-state index >= 15 is 0 Å². The summed E-state index contributed by atoms with van der Waals surface area (Å²) in [6, 6.07) is 10.2. The first-order valence-corrected chi connectivity index (χ1v) is 8.45. The molecule has 0 unspecified atom stereocenters. The van der Waals surface area contributed by atoms with Crippen LogP contribution in [-0.2, 0) is 4.79 Å². The molecule has 4 nitrogen and oxygen atoms in total. The van der Waals surface area contributed by atoms with Gasteiger partial charge < -0.3 is 4.57 Å². The van der Waals surface area contributed by atoms with Gasteiger partial charge in [-0.2, -0.15) is 5.10 Å². The van der Waals surface area contributed by atoms with E-state index in [1.165, 1.54) is 0 Å². The molecular formula is C18H22BrN3O. The second kappa shape index (κ2) is 7.59. The number of para-hydroxylation sites is 1. The van der Waals surface area contributed by atoms with Crippen LogP contribution in [0.25, 0.3) is 5.69 Å². The van der Waals surface area contributed by atoms with Gasteiger partial charge in [-0.3, -0.25) is 4.79 Å². The topological polar surface area (TPSA) is 46.4 Å². The smallest absolute Gasteiger partial charge is 0.240 e. The van der Waals surface area contributed by atoms with Gasteiger partial charge in [0.1, 0.15) is 0 Å². The fraction of sp³-hybridized carbons (Fsp3) is 0.333. The summed E-state index contributed by atoms with van der Waals surface area (Å²) < 4.78 is 3.15. The SMILES string of the molecule is Cc1c(Br)c(/C=N\NC(=O)CC(C)C)c(C)n1-c1ccccc1. The molecule has 0 atom stereocenters. The van der Waals surface area contributed by atoms with E-state index in [1.807, 2.05) is 39.0 Å². The van der Waals surface area contributed by atoms with Gasteiger partial charge >= 0.3 is 0 Å². The maximum absolute atomic E-state index is 11.7. The normalized spacial score (nSPS) is 11.4. The maximum atomic E-state index is 11.7. The molecule has 0 aliphatic heterocycles. The van der Waals surface area contributed by atoms with Crippen LogP contribution in [0.3, 0.4) is 0 Å². The minimum atomic E-state index is -0.0655. The number of carbonyl (C=O) groups is 1. The van der Waals surface area contributed by atoms with E-state index in [4.69, 9.17) is 0 Å². The summed E-state index contributed by atoms with van der Waals surface area (Å²) in [6.07, 6.45) is 2.17. The van der Waals surface area contributed by atoms with Gasteiger partial charge in [0.25, 0.3) is 0 Å². The number of carbonyl (C=O) groups excluding carboxylic acids is 1. The van der Waals surface area contributed by atoms with Crippen LogP contribution in [0.4, 0.5) is 0 Å². The summed E-state index contributed by atoms with van der Waals surface area (Å²) in [4.78, 5) is 11.7. The second-order valence-corrected chi connectivity index (χ2v) is 6.75. The fourth-order valence-corrected chi connectivity index (χ4v) is 3.09. The summed E-state index contributed by atoms with van der Waals surface area (Å²) in [7, 11) is 0. The van der Waals surface area contributed by atoms with Crippen LogP contribution in [0, 0.1) is 19.8 Å². The maximum Gasteiger partial charge on any atom is 0.240 e. The summed E-state index contributed by atoms with van der Waals surface area (Å²) in [6.45, 7) is 8.11. The molecule has 0 bridgehead atoms. The van der Waals surface area contributed by atoms with E-state index in [0.717, 1.165) is 27.1 Å². The average Bonchev–Trinajstić information content (AvgIpc) is 2.71. The molecule has 1 aromatic carbocycles. The Labute approximate surface area is 145 Å². The molecule has 0 radical (unpaired) electrons. The lowest BCUT2D eigenvalue weighted by Gasteiger charge is -2.08. The third-order valence-corrected chi connectivity index (χ3v) is 4.61. The van der Waals surface area contributed by atoms with E-state index in [9.17, 15) is 4.79 Å². The molecule has 5 heteroatoms. The van der Waals surface area contributed by atoms with Crippen molar-refractivity contribution in [2.75, 3.05) is 0 Å². The largest absolute Gasteiger partial charge is 0.317 e. The molecule has 2 aromatic rings. The predicted octanol–water partition coefficient (Wildman–Crippen LogP) is 4.35. The third-order valence-electron chi connectivity index (χ3n) is 3.61. The van der Waals surface area contributed by atoms with E-state index in [0.29, 0.717) is 12.3 Å². The van der Waals surface area contributed by atoms with Crippen LogP contribution in [0.1, 0.15) is 37.2 Å². The van der Waals surface area contributed by atoms with E-state index < -0.39 is 0 Å². The van der Waals surface area contributed by atoms with Gasteiger partial charge in [-0.15, -0.1) is 0 Å². The van der Waals surface area contributed by atoms with Crippen molar-refractivity contribution in [3.8, 4) is 5.69 Å². The van der Waals surface area contributed by atoms with Gasteiger partial charge in [0, 0.05) is 33.5 Å². The number of benzene rings is 1. The van der Waals surface area contributed by atoms with Crippen LogP contribution in [0.15, 0.2) is 39.9 Å². The zero-order valence-electron chi connectivity index (χ0n) is 13.9. The van der Waals surface area contributed by atoms with Gasteiger partial charge in [0.05, 0.1) is 6.21 Å². The Kier molecular flexibility index (Phi) is 5.77. The molecule has 2 rings (SSSR count). The lowest BCUT2D eigenvalue weighted by molar-refractivity contribution is -0.121. The van der Waals surface area contributed by atoms with Crippen molar-refractivity contribution in [2.24, 2.45) is 11.0 Å². The monoisotopic (exact) mass is 375 g/mol. The highest BCUT2D eigenvalue weighted by molar-refractivity contribution is 9.10. The van der Waals surface area contributed by atoms with E-state index in [1.54, 1.807) is 6.21 Å². The molecule has 1 heterocycles. The van der Waals surface area contributed by atoms with Crippen molar-refractivity contribution < 1.29 is 4.79 Å². The van der Waals surface area contributed by atoms with Crippen LogP contribution in [0.2, 0.25) is 0 Å². The number of hydrogen-bond donors (Lipinski definition) is 1. The molecule has 0 saturated heterocycles. The lowest BCUT2D eigenvalue weighted by Crippen LogP contribution is -2.19. The zero-order chi connectivity index (χ0) is 17.0. The highest BCUT2D eigenvalue weighted by Gasteiger charge is 2.15. The Morgan fingerprint density at radius 2 is 1.91 bits per heavy atom. The summed E-state index contributed by atoms with van der Waals surface area (Å²) in [5, 5.41) is 4.10. The summed E-state index contributed by atoms with van der Waals surface area (Å²) in [5.41, 5.74) is 6.83. The van der Waals surface area contributed by atoms with Crippen LogP contribution in [0.5, 0.6) is 0 Å². The van der Waals surface area contributed by atoms with Crippen molar-refractivity contribution in [2.45, 2.75) is 34.1 Å². The number of aromatic nitrogens is 1. The molecule has 122 valence electrons. The molecule has 1 aromatic heterocycles. The molecule has 1 N–H and O–H groups in total. The number of amides is 1. The number of hydrogen-bond acceptors (Lipinski definition) is 2. The highest BCUT2D eigenvalue weighted by Crippen LogP contribution is 2.29. The predicted molar refractivity (Wildman–Crippen MR) is 98.1 cm³/mol. The molecule has 0 spiro atoms. The summed E-state index contributed by atoms with van der Waals surface area (Å²) >= 11 is 3.63. The Morgan fingerprint density at radius 1 is 1.26 bits per heavy atom. The first-order chi connectivity index (χ1) is 10.9. The van der Waals surface area contributed by atoms with Gasteiger partial charge in [-0.05, 0) is 47.8 Å². The Hall–Kier alpha value is -1.88. The van der Waals surface area contributed by atoms with Crippen molar-refractivity contribution in [1.82, 2.24) is 9.99 Å². The number of halogens is 1. The average molecular weight is 376 g/mol. The standard InChI is InChI=1S/C18H22BrN3O/c1-12(2)10-17(23)21-20-11-16-13(3)22(14(4)18(16)19)15-8-6-5-7-9-15/h5-9,11-12H,10H2,1-4H3,(H,21,23)/b20-11-. The van der Waals surface area contributed by atoms with Crippen molar-refractivity contribution >= 4 is 28.1 Å². The number of rotatable bonds is 5. The molecular weight excluding hydrogens is 354 g/mol. The molecule has 0 aliphatic carbocycles. The van der Waals surface area contributed by atoms with E-state index in [2.05, 4.69) is 50.1 Å². The zero-order valence-corrected chi connectivity index (χ0v) is 15.5. The summed E-state index contributed by atoms with van der Waals surface area (Å²) in [5.74, 6) is 0.254. The molecule has 0 fully saturated rings. The van der Waals surface area contributed by atoms with Gasteiger partial charge in [0.2, 0.25) is 5.91 Å².